The van der Waals surface area contributed by atoms with Crippen molar-refractivity contribution in [3.63, 3.8) is 0 Å². The van der Waals surface area contributed by atoms with Gasteiger partial charge in [-0.3, -0.25) is 4.99 Å². The van der Waals surface area contributed by atoms with Crippen molar-refractivity contribution in [3.05, 3.63) is 102 Å². The maximum atomic E-state index is 13.2. The van der Waals surface area contributed by atoms with Gasteiger partial charge in [-0.15, -0.1) is 0 Å². The van der Waals surface area contributed by atoms with Crippen molar-refractivity contribution in [2.45, 2.75) is 43.2 Å². The maximum Gasteiger partial charge on any atom is 0.243 e. The Morgan fingerprint density at radius 1 is 0.829 bits per heavy atom. The highest BCUT2D eigenvalue weighted by Gasteiger charge is 2.51. The average molecular weight is 486 g/mol. The van der Waals surface area contributed by atoms with Gasteiger partial charge in [0.2, 0.25) is 10.0 Å². The standard InChI is InChI=1S/C29H31N3O2S/c1-22-12-14-25(15-13-22)35(33,34)31-18-16-29(17-19-31)20-26-30-27(23-8-4-2-5-9-23)28(32(26)21-29)24-10-6-3-7-11-24/h2-15,27-28H,16-21H2,1H3/t27-,28-/m0/s1. The second kappa shape index (κ2) is 8.61. The van der Waals surface area contributed by atoms with Crippen LogP contribution in [0.3, 0.4) is 0 Å². The number of hydrogen-bond acceptors (Lipinski definition) is 4. The van der Waals surface area contributed by atoms with E-state index in [-0.39, 0.29) is 17.5 Å². The summed E-state index contributed by atoms with van der Waals surface area (Å²) in [6, 6.07) is 28.7. The Kier molecular flexibility index (Phi) is 5.53. The number of aliphatic imine (C=N–C) groups is 1. The molecule has 0 amide bonds. The number of benzene rings is 3. The minimum atomic E-state index is -3.45. The molecule has 3 aliphatic rings. The third-order valence-electron chi connectivity index (χ3n) is 8.02. The summed E-state index contributed by atoms with van der Waals surface area (Å²) in [6.07, 6.45) is 2.66. The van der Waals surface area contributed by atoms with Crippen LogP contribution in [0.25, 0.3) is 0 Å². The molecule has 180 valence electrons. The molecule has 3 heterocycles. The van der Waals surface area contributed by atoms with Gasteiger partial charge in [-0.25, -0.2) is 8.42 Å². The van der Waals surface area contributed by atoms with E-state index >= 15 is 0 Å². The predicted octanol–water partition coefficient (Wildman–Crippen LogP) is 5.37. The number of rotatable bonds is 4. The molecule has 6 heteroatoms. The molecular formula is C29H31N3O2S. The van der Waals surface area contributed by atoms with Crippen LogP contribution in [-0.4, -0.2) is 43.1 Å². The highest BCUT2D eigenvalue weighted by atomic mass is 32.2. The molecule has 3 aromatic carbocycles. The normalized spacial score (nSPS) is 23.9. The third-order valence-corrected chi connectivity index (χ3v) is 9.93. The first-order valence-electron chi connectivity index (χ1n) is 12.5. The van der Waals surface area contributed by atoms with Gasteiger partial charge in [0.05, 0.1) is 10.9 Å². The first-order valence-corrected chi connectivity index (χ1v) is 13.9. The lowest BCUT2D eigenvalue weighted by molar-refractivity contribution is 0.141. The largest absolute Gasteiger partial charge is 0.350 e. The van der Waals surface area contributed by atoms with Crippen LogP contribution in [0.4, 0.5) is 0 Å². The Morgan fingerprint density at radius 3 is 2.06 bits per heavy atom. The average Bonchev–Trinajstić information content (AvgIpc) is 3.39. The van der Waals surface area contributed by atoms with E-state index in [0.717, 1.165) is 31.4 Å². The van der Waals surface area contributed by atoms with Crippen molar-refractivity contribution in [1.29, 1.82) is 0 Å². The van der Waals surface area contributed by atoms with E-state index in [4.69, 9.17) is 4.99 Å². The molecule has 6 rings (SSSR count). The molecule has 2 saturated heterocycles. The van der Waals surface area contributed by atoms with Crippen LogP contribution in [0.15, 0.2) is 94.8 Å². The summed E-state index contributed by atoms with van der Waals surface area (Å²) in [5.41, 5.74) is 3.69. The molecule has 3 aromatic rings. The van der Waals surface area contributed by atoms with Crippen molar-refractivity contribution < 1.29 is 8.42 Å². The summed E-state index contributed by atoms with van der Waals surface area (Å²) in [5, 5.41) is 0. The fourth-order valence-electron chi connectivity index (χ4n) is 6.04. The molecule has 0 unspecified atom stereocenters. The number of hydrogen-bond donors (Lipinski definition) is 0. The Balaban J connectivity index is 1.24. The number of nitrogens with zero attached hydrogens (tertiary/aromatic N) is 3. The van der Waals surface area contributed by atoms with Crippen LogP contribution in [0, 0.1) is 12.3 Å². The van der Waals surface area contributed by atoms with E-state index < -0.39 is 10.0 Å². The van der Waals surface area contributed by atoms with Crippen LogP contribution in [0.2, 0.25) is 0 Å². The zero-order chi connectivity index (χ0) is 24.0. The SMILES string of the molecule is Cc1ccc(S(=O)(=O)N2CCC3(CC2)CC2=N[C@@H](c4ccccc4)[C@H](c4ccccc4)N2C3)cc1. The minimum absolute atomic E-state index is 0.0901. The van der Waals surface area contributed by atoms with E-state index in [1.165, 1.54) is 17.0 Å². The van der Waals surface area contributed by atoms with Gasteiger partial charge in [-0.1, -0.05) is 78.4 Å². The van der Waals surface area contributed by atoms with Gasteiger partial charge in [0.15, 0.2) is 0 Å². The molecule has 35 heavy (non-hydrogen) atoms. The topological polar surface area (TPSA) is 53.0 Å². The Morgan fingerprint density at radius 2 is 1.43 bits per heavy atom. The maximum absolute atomic E-state index is 13.2. The number of amidine groups is 1. The van der Waals surface area contributed by atoms with E-state index in [9.17, 15) is 8.42 Å². The number of piperidine rings is 1. The molecule has 0 aliphatic carbocycles. The highest BCUT2D eigenvalue weighted by molar-refractivity contribution is 7.89. The highest BCUT2D eigenvalue weighted by Crippen LogP contribution is 2.52. The van der Waals surface area contributed by atoms with E-state index in [1.807, 2.05) is 19.1 Å². The number of aryl methyl sites for hydroxylation is 1. The molecule has 2 atom stereocenters. The quantitative estimate of drug-likeness (QED) is 0.500. The Labute approximate surface area is 208 Å². The predicted molar refractivity (Wildman–Crippen MR) is 139 cm³/mol. The van der Waals surface area contributed by atoms with Crippen molar-refractivity contribution in [3.8, 4) is 0 Å². The van der Waals surface area contributed by atoms with Crippen molar-refractivity contribution in [1.82, 2.24) is 9.21 Å². The van der Waals surface area contributed by atoms with Gasteiger partial charge in [0.1, 0.15) is 11.9 Å². The van der Waals surface area contributed by atoms with E-state index in [0.29, 0.717) is 18.0 Å². The molecule has 5 nitrogen and oxygen atoms in total. The van der Waals surface area contributed by atoms with Crippen LogP contribution in [0.1, 0.15) is 48.0 Å². The summed E-state index contributed by atoms with van der Waals surface area (Å²) in [6.45, 7) is 4.04. The number of fused-ring (bicyclic) bond motifs is 1. The lowest BCUT2D eigenvalue weighted by atomic mass is 9.78. The molecular weight excluding hydrogens is 454 g/mol. The fraction of sp³-hybridized carbons (Fsp3) is 0.345. The first-order chi connectivity index (χ1) is 17.0. The Hall–Kier alpha value is -2.96. The van der Waals surface area contributed by atoms with Crippen molar-refractivity contribution in [2.24, 2.45) is 10.4 Å². The molecule has 0 saturated carbocycles. The summed E-state index contributed by atoms with van der Waals surface area (Å²) in [5.74, 6) is 1.18. The summed E-state index contributed by atoms with van der Waals surface area (Å²) in [4.78, 5) is 8.17. The molecule has 0 aromatic heterocycles. The summed E-state index contributed by atoms with van der Waals surface area (Å²) < 4.78 is 28.1. The second-order valence-electron chi connectivity index (χ2n) is 10.3. The summed E-state index contributed by atoms with van der Waals surface area (Å²) >= 11 is 0. The number of sulfonamides is 1. The second-order valence-corrected chi connectivity index (χ2v) is 12.2. The molecule has 3 aliphatic heterocycles. The van der Waals surface area contributed by atoms with Gasteiger partial charge in [0.25, 0.3) is 0 Å². The van der Waals surface area contributed by atoms with Gasteiger partial charge < -0.3 is 4.90 Å². The first kappa shape index (κ1) is 22.5. The van der Waals surface area contributed by atoms with Crippen LogP contribution < -0.4 is 0 Å². The molecule has 2 fully saturated rings. The van der Waals surface area contributed by atoms with Crippen LogP contribution in [0.5, 0.6) is 0 Å². The lowest BCUT2D eigenvalue weighted by Gasteiger charge is -2.39. The summed E-state index contributed by atoms with van der Waals surface area (Å²) in [7, 11) is -3.45. The minimum Gasteiger partial charge on any atom is -0.350 e. The fourth-order valence-corrected chi connectivity index (χ4v) is 7.48. The Bertz CT molecular complexity index is 1330. The zero-order valence-corrected chi connectivity index (χ0v) is 20.9. The molecule has 1 spiro atoms. The zero-order valence-electron chi connectivity index (χ0n) is 20.0. The van der Waals surface area contributed by atoms with Crippen molar-refractivity contribution in [2.75, 3.05) is 19.6 Å². The smallest absolute Gasteiger partial charge is 0.243 e. The van der Waals surface area contributed by atoms with E-state index in [2.05, 4.69) is 65.6 Å². The molecule has 0 radical (unpaired) electrons. The van der Waals surface area contributed by atoms with Gasteiger partial charge in [0, 0.05) is 26.1 Å². The van der Waals surface area contributed by atoms with Gasteiger partial charge >= 0.3 is 0 Å². The van der Waals surface area contributed by atoms with Gasteiger partial charge in [-0.2, -0.15) is 4.31 Å². The third kappa shape index (κ3) is 3.99. The molecule has 0 bridgehead atoms. The van der Waals surface area contributed by atoms with Crippen LogP contribution >= 0.6 is 0 Å². The van der Waals surface area contributed by atoms with Gasteiger partial charge in [-0.05, 0) is 48.4 Å². The van der Waals surface area contributed by atoms with E-state index in [1.54, 1.807) is 16.4 Å². The molecule has 0 N–H and O–H groups in total. The van der Waals surface area contributed by atoms with Crippen LogP contribution in [-0.2, 0) is 10.0 Å². The van der Waals surface area contributed by atoms with Crippen molar-refractivity contribution >= 4 is 15.9 Å². The lowest BCUT2D eigenvalue weighted by Crippen LogP contribution is -2.44. The monoisotopic (exact) mass is 485 g/mol.